The summed E-state index contributed by atoms with van der Waals surface area (Å²) in [5, 5.41) is 2.87. The van der Waals surface area contributed by atoms with Gasteiger partial charge in [-0.05, 0) is 43.2 Å². The van der Waals surface area contributed by atoms with Gasteiger partial charge in [0, 0.05) is 23.1 Å². The van der Waals surface area contributed by atoms with Crippen LogP contribution in [0.4, 0.5) is 5.69 Å². The van der Waals surface area contributed by atoms with Crippen molar-refractivity contribution in [3.8, 4) is 0 Å². The number of halogens is 1. The summed E-state index contributed by atoms with van der Waals surface area (Å²) in [5.74, 6) is -0.415. The smallest absolute Gasteiger partial charge is 0.261 e. The number of carbonyl (C=O) groups is 3. The van der Waals surface area contributed by atoms with E-state index >= 15 is 0 Å². The highest BCUT2D eigenvalue weighted by molar-refractivity contribution is 9.10. The lowest BCUT2D eigenvalue weighted by molar-refractivity contribution is -0.116. The second kappa shape index (κ2) is 8.95. The maximum absolute atomic E-state index is 12.3. The summed E-state index contributed by atoms with van der Waals surface area (Å²) in [5.41, 5.74) is 1.76. The molecule has 1 N–H and O–H groups in total. The molecule has 0 aromatic heterocycles. The minimum absolute atomic E-state index is 0.00607. The minimum Gasteiger partial charge on any atom is -0.326 e. The Kier molecular flexibility index (Phi) is 6.40. The van der Waals surface area contributed by atoms with Gasteiger partial charge < -0.3 is 5.32 Å². The first kappa shape index (κ1) is 19.3. The Labute approximate surface area is 166 Å². The van der Waals surface area contributed by atoms with Crippen molar-refractivity contribution >= 4 is 39.3 Å². The summed E-state index contributed by atoms with van der Waals surface area (Å²) in [6, 6.07) is 14.4. The Morgan fingerprint density at radius 2 is 1.56 bits per heavy atom. The van der Waals surface area contributed by atoms with Gasteiger partial charge in [0.05, 0.1) is 11.1 Å². The van der Waals surface area contributed by atoms with E-state index in [9.17, 15) is 14.4 Å². The Balaban J connectivity index is 1.34. The van der Waals surface area contributed by atoms with Crippen LogP contribution in [0.2, 0.25) is 0 Å². The predicted molar refractivity (Wildman–Crippen MR) is 108 cm³/mol. The van der Waals surface area contributed by atoms with E-state index in [1.807, 2.05) is 24.3 Å². The molecule has 6 heteroatoms. The number of unbranched alkanes of at least 4 members (excludes halogenated alkanes) is 3. The number of fused-ring (bicyclic) bond motifs is 1. The van der Waals surface area contributed by atoms with Crippen molar-refractivity contribution in [2.45, 2.75) is 32.1 Å². The SMILES string of the molecule is O=C(CCCCCCN1C(=O)c2ccccc2C1=O)Nc1cccc(Br)c1. The lowest BCUT2D eigenvalue weighted by Gasteiger charge is -2.13. The fourth-order valence-corrected chi connectivity index (χ4v) is 3.54. The molecule has 5 nitrogen and oxygen atoms in total. The van der Waals surface area contributed by atoms with Crippen molar-refractivity contribution in [1.82, 2.24) is 4.90 Å². The molecule has 27 heavy (non-hydrogen) atoms. The number of hydrogen-bond donors (Lipinski definition) is 1. The molecule has 0 saturated carbocycles. The van der Waals surface area contributed by atoms with Gasteiger partial charge in [-0.25, -0.2) is 0 Å². The second-order valence-corrected chi connectivity index (χ2v) is 7.45. The predicted octanol–water partition coefficient (Wildman–Crippen LogP) is 4.63. The van der Waals surface area contributed by atoms with E-state index in [-0.39, 0.29) is 17.7 Å². The molecule has 0 unspecified atom stereocenters. The summed E-state index contributed by atoms with van der Waals surface area (Å²) >= 11 is 3.38. The molecule has 0 aliphatic carbocycles. The monoisotopic (exact) mass is 428 g/mol. The quantitative estimate of drug-likeness (QED) is 0.491. The van der Waals surface area contributed by atoms with Gasteiger partial charge >= 0.3 is 0 Å². The molecule has 1 aliphatic rings. The highest BCUT2D eigenvalue weighted by Gasteiger charge is 2.34. The Morgan fingerprint density at radius 3 is 2.22 bits per heavy atom. The molecule has 0 bridgehead atoms. The van der Waals surface area contributed by atoms with Crippen LogP contribution in [0.15, 0.2) is 53.0 Å². The fraction of sp³-hybridized carbons (Fsp3) is 0.286. The zero-order valence-electron chi connectivity index (χ0n) is 14.9. The number of anilines is 1. The largest absolute Gasteiger partial charge is 0.326 e. The summed E-state index contributed by atoms with van der Waals surface area (Å²) < 4.78 is 0.924. The Bertz CT molecular complexity index is 831. The van der Waals surface area contributed by atoms with Gasteiger partial charge in [-0.2, -0.15) is 0 Å². The summed E-state index contributed by atoms with van der Waals surface area (Å²) in [6.45, 7) is 0.427. The van der Waals surface area contributed by atoms with E-state index in [2.05, 4.69) is 21.2 Å². The van der Waals surface area contributed by atoms with Crippen LogP contribution in [-0.4, -0.2) is 29.2 Å². The topological polar surface area (TPSA) is 66.5 Å². The molecular weight excluding hydrogens is 408 g/mol. The van der Waals surface area contributed by atoms with Crippen LogP contribution in [-0.2, 0) is 4.79 Å². The molecule has 3 amide bonds. The number of benzene rings is 2. The maximum atomic E-state index is 12.3. The third kappa shape index (κ3) is 4.83. The van der Waals surface area contributed by atoms with Gasteiger partial charge in [-0.15, -0.1) is 0 Å². The number of hydrogen-bond acceptors (Lipinski definition) is 3. The van der Waals surface area contributed by atoms with Gasteiger partial charge in [0.25, 0.3) is 11.8 Å². The first-order valence-electron chi connectivity index (χ1n) is 9.07. The first-order chi connectivity index (χ1) is 13.1. The number of nitrogens with zero attached hydrogens (tertiary/aromatic N) is 1. The Morgan fingerprint density at radius 1 is 0.889 bits per heavy atom. The summed E-state index contributed by atoms with van der Waals surface area (Å²) in [6.07, 6.45) is 3.74. The van der Waals surface area contributed by atoms with Crippen LogP contribution in [0.5, 0.6) is 0 Å². The third-order valence-electron chi connectivity index (χ3n) is 4.52. The standard InChI is InChI=1S/C21H21BrN2O3/c22-15-8-7-9-16(14-15)23-19(25)12-3-1-2-6-13-24-20(26)17-10-4-5-11-18(17)21(24)27/h4-5,7-11,14H,1-3,6,12-13H2,(H,23,25). The van der Waals surface area contributed by atoms with Gasteiger partial charge in [0.2, 0.25) is 5.91 Å². The summed E-state index contributed by atoms with van der Waals surface area (Å²) in [7, 11) is 0. The van der Waals surface area contributed by atoms with Crippen LogP contribution in [0, 0.1) is 0 Å². The van der Waals surface area contributed by atoms with E-state index in [0.717, 1.165) is 35.8 Å². The van der Waals surface area contributed by atoms with Gasteiger partial charge in [0.1, 0.15) is 0 Å². The van der Waals surface area contributed by atoms with Gasteiger partial charge in [-0.3, -0.25) is 19.3 Å². The highest BCUT2D eigenvalue weighted by atomic mass is 79.9. The molecule has 0 atom stereocenters. The lowest BCUT2D eigenvalue weighted by Crippen LogP contribution is -2.30. The van der Waals surface area contributed by atoms with Crippen molar-refractivity contribution in [3.63, 3.8) is 0 Å². The number of nitrogens with one attached hydrogen (secondary N) is 1. The van der Waals surface area contributed by atoms with E-state index in [1.165, 1.54) is 4.90 Å². The van der Waals surface area contributed by atoms with E-state index in [0.29, 0.717) is 24.1 Å². The van der Waals surface area contributed by atoms with E-state index in [4.69, 9.17) is 0 Å². The molecule has 2 aromatic rings. The zero-order valence-corrected chi connectivity index (χ0v) is 16.5. The van der Waals surface area contributed by atoms with Crippen molar-refractivity contribution in [2.24, 2.45) is 0 Å². The molecule has 2 aromatic carbocycles. The van der Waals surface area contributed by atoms with Crippen molar-refractivity contribution in [3.05, 3.63) is 64.1 Å². The molecular formula is C21H21BrN2O3. The van der Waals surface area contributed by atoms with E-state index < -0.39 is 0 Å². The van der Waals surface area contributed by atoms with Crippen molar-refractivity contribution in [1.29, 1.82) is 0 Å². The zero-order chi connectivity index (χ0) is 19.2. The molecule has 0 spiro atoms. The minimum atomic E-state index is -0.205. The molecule has 0 saturated heterocycles. The number of amides is 3. The number of imide groups is 1. The van der Waals surface area contributed by atoms with Crippen LogP contribution >= 0.6 is 15.9 Å². The highest BCUT2D eigenvalue weighted by Crippen LogP contribution is 2.23. The average molecular weight is 429 g/mol. The molecule has 1 heterocycles. The van der Waals surface area contributed by atoms with Crippen LogP contribution in [0.3, 0.4) is 0 Å². The van der Waals surface area contributed by atoms with Crippen LogP contribution in [0.25, 0.3) is 0 Å². The second-order valence-electron chi connectivity index (χ2n) is 6.53. The van der Waals surface area contributed by atoms with Crippen molar-refractivity contribution < 1.29 is 14.4 Å². The van der Waals surface area contributed by atoms with Gasteiger partial charge in [-0.1, -0.05) is 47.0 Å². The van der Waals surface area contributed by atoms with E-state index in [1.54, 1.807) is 24.3 Å². The fourth-order valence-electron chi connectivity index (χ4n) is 3.14. The summed E-state index contributed by atoms with van der Waals surface area (Å²) in [4.78, 5) is 37.8. The number of carbonyl (C=O) groups excluding carboxylic acids is 3. The van der Waals surface area contributed by atoms with Crippen LogP contribution in [0.1, 0.15) is 52.8 Å². The molecule has 0 radical (unpaired) electrons. The number of rotatable bonds is 8. The van der Waals surface area contributed by atoms with Crippen LogP contribution < -0.4 is 5.32 Å². The normalized spacial score (nSPS) is 13.0. The molecule has 3 rings (SSSR count). The third-order valence-corrected chi connectivity index (χ3v) is 5.02. The van der Waals surface area contributed by atoms with Crippen molar-refractivity contribution in [2.75, 3.05) is 11.9 Å². The average Bonchev–Trinajstić information content (AvgIpc) is 2.89. The molecule has 140 valence electrons. The molecule has 0 fully saturated rings. The van der Waals surface area contributed by atoms with Gasteiger partial charge in [0.15, 0.2) is 0 Å². The lowest BCUT2D eigenvalue weighted by atomic mass is 10.1. The first-order valence-corrected chi connectivity index (χ1v) is 9.86. The maximum Gasteiger partial charge on any atom is 0.261 e. The Hall–Kier alpha value is -2.47. The molecule has 1 aliphatic heterocycles.